The van der Waals surface area contributed by atoms with Crippen molar-refractivity contribution in [1.82, 2.24) is 4.98 Å². The summed E-state index contributed by atoms with van der Waals surface area (Å²) in [5.41, 5.74) is 0. The Bertz CT molecular complexity index is 294. The summed E-state index contributed by atoms with van der Waals surface area (Å²) >= 11 is 3.35. The third-order valence-electron chi connectivity index (χ3n) is 2.12. The Hall–Kier alpha value is -0.610. The topological polar surface area (TPSA) is 31.4 Å². The highest BCUT2D eigenvalue weighted by Crippen LogP contribution is 2.23. The monoisotopic (exact) mass is 273 g/mol. The summed E-state index contributed by atoms with van der Waals surface area (Å²) in [5, 5.41) is 0. The molecule has 1 aromatic heterocycles. The van der Waals surface area contributed by atoms with Crippen molar-refractivity contribution in [1.29, 1.82) is 0 Å². The lowest BCUT2D eigenvalue weighted by atomic mass is 10.2. The maximum atomic E-state index is 5.81. The molecule has 1 aromatic rings. The van der Waals surface area contributed by atoms with Crippen molar-refractivity contribution in [3.8, 4) is 5.75 Å². The van der Waals surface area contributed by atoms with Gasteiger partial charge in [-0.05, 0) is 34.5 Å². The lowest BCUT2D eigenvalue weighted by Gasteiger charge is -2.17. The third kappa shape index (κ3) is 4.18. The molecule has 84 valence electrons. The minimum atomic E-state index is 0.186. The Morgan fingerprint density at radius 1 is 1.53 bits per heavy atom. The van der Waals surface area contributed by atoms with Crippen LogP contribution in [-0.2, 0) is 4.74 Å². The maximum absolute atomic E-state index is 5.81. The van der Waals surface area contributed by atoms with E-state index in [2.05, 4.69) is 27.8 Å². The average Bonchev–Trinajstić information content (AvgIpc) is 2.26. The maximum Gasteiger partial charge on any atom is 0.152 e. The molecule has 15 heavy (non-hydrogen) atoms. The Labute approximate surface area is 98.9 Å². The van der Waals surface area contributed by atoms with Gasteiger partial charge in [0.05, 0.1) is 0 Å². The molecule has 0 fully saturated rings. The lowest BCUT2D eigenvalue weighted by molar-refractivity contribution is 0.122. The summed E-state index contributed by atoms with van der Waals surface area (Å²) < 4.78 is 11.6. The van der Waals surface area contributed by atoms with Gasteiger partial charge in [-0.3, -0.25) is 0 Å². The van der Waals surface area contributed by atoms with Crippen LogP contribution in [0.3, 0.4) is 0 Å². The molecule has 4 heteroatoms. The van der Waals surface area contributed by atoms with Gasteiger partial charge in [0, 0.05) is 26.3 Å². The Kier molecular flexibility index (Phi) is 5.65. The molecule has 3 nitrogen and oxygen atoms in total. The minimum absolute atomic E-state index is 0.186. The second kappa shape index (κ2) is 6.80. The zero-order valence-corrected chi connectivity index (χ0v) is 10.7. The molecule has 0 spiro atoms. The fraction of sp³-hybridized carbons (Fsp3) is 0.545. The van der Waals surface area contributed by atoms with E-state index in [1.807, 2.05) is 12.1 Å². The van der Waals surface area contributed by atoms with Crippen LogP contribution >= 0.6 is 15.9 Å². The highest BCUT2D eigenvalue weighted by molar-refractivity contribution is 9.10. The molecule has 1 heterocycles. The zero-order valence-electron chi connectivity index (χ0n) is 9.07. The van der Waals surface area contributed by atoms with Gasteiger partial charge in [0.25, 0.3) is 0 Å². The number of methoxy groups -OCH3 is 1. The van der Waals surface area contributed by atoms with Crippen molar-refractivity contribution in [2.45, 2.75) is 25.9 Å². The number of aromatic nitrogens is 1. The predicted octanol–water partition coefficient (Wildman–Crippen LogP) is 3.04. The van der Waals surface area contributed by atoms with Gasteiger partial charge in [-0.2, -0.15) is 0 Å². The van der Waals surface area contributed by atoms with Crippen molar-refractivity contribution < 1.29 is 9.47 Å². The van der Waals surface area contributed by atoms with Crippen molar-refractivity contribution in [2.24, 2.45) is 0 Å². The Morgan fingerprint density at radius 2 is 2.33 bits per heavy atom. The van der Waals surface area contributed by atoms with Gasteiger partial charge in [0.2, 0.25) is 0 Å². The molecule has 0 amide bonds. The van der Waals surface area contributed by atoms with Crippen LogP contribution in [0.5, 0.6) is 5.75 Å². The largest absolute Gasteiger partial charge is 0.488 e. The first-order valence-electron chi connectivity index (χ1n) is 5.04. The molecule has 1 unspecified atom stereocenters. The van der Waals surface area contributed by atoms with Gasteiger partial charge in [0.15, 0.2) is 5.75 Å². The van der Waals surface area contributed by atoms with Gasteiger partial charge >= 0.3 is 0 Å². The summed E-state index contributed by atoms with van der Waals surface area (Å²) in [4.78, 5) is 4.11. The normalized spacial score (nSPS) is 12.5. The quantitative estimate of drug-likeness (QED) is 0.747. The number of ether oxygens (including phenoxy) is 2. The average molecular weight is 274 g/mol. The van der Waals surface area contributed by atoms with Crippen molar-refractivity contribution in [2.75, 3.05) is 13.7 Å². The van der Waals surface area contributed by atoms with Crippen LogP contribution in [0, 0.1) is 0 Å². The predicted molar refractivity (Wildman–Crippen MR) is 63.1 cm³/mol. The first-order chi connectivity index (χ1) is 7.27. The molecule has 0 saturated heterocycles. The van der Waals surface area contributed by atoms with Crippen LogP contribution in [0.15, 0.2) is 22.9 Å². The first kappa shape index (κ1) is 12.5. The van der Waals surface area contributed by atoms with E-state index in [0.29, 0.717) is 0 Å². The van der Waals surface area contributed by atoms with E-state index in [1.54, 1.807) is 13.3 Å². The molecular weight excluding hydrogens is 258 g/mol. The lowest BCUT2D eigenvalue weighted by Crippen LogP contribution is -2.17. The molecule has 1 rings (SSSR count). The molecule has 0 saturated carbocycles. The summed E-state index contributed by atoms with van der Waals surface area (Å²) in [7, 11) is 1.70. The second-order valence-corrected chi connectivity index (χ2v) is 3.97. The highest BCUT2D eigenvalue weighted by atomic mass is 79.9. The number of hydrogen-bond acceptors (Lipinski definition) is 3. The van der Waals surface area contributed by atoms with Gasteiger partial charge in [-0.1, -0.05) is 6.92 Å². The van der Waals surface area contributed by atoms with E-state index in [1.165, 1.54) is 0 Å². The van der Waals surface area contributed by atoms with Gasteiger partial charge in [-0.15, -0.1) is 0 Å². The SMILES string of the molecule is CCC(CCOC)Oc1cccnc1Br. The first-order valence-corrected chi connectivity index (χ1v) is 5.83. The molecule has 0 aliphatic carbocycles. The summed E-state index contributed by atoms with van der Waals surface area (Å²) in [5.74, 6) is 0.792. The van der Waals surface area contributed by atoms with E-state index in [-0.39, 0.29) is 6.10 Å². The van der Waals surface area contributed by atoms with Gasteiger partial charge in [0.1, 0.15) is 10.7 Å². The number of pyridine rings is 1. The highest BCUT2D eigenvalue weighted by Gasteiger charge is 2.10. The van der Waals surface area contributed by atoms with Crippen LogP contribution in [0.25, 0.3) is 0 Å². The summed E-state index contributed by atoms with van der Waals surface area (Å²) in [6.45, 7) is 2.82. The molecule has 0 bridgehead atoms. The fourth-order valence-corrected chi connectivity index (χ4v) is 1.58. The van der Waals surface area contributed by atoms with E-state index in [9.17, 15) is 0 Å². The van der Waals surface area contributed by atoms with Crippen molar-refractivity contribution in [3.63, 3.8) is 0 Å². The molecule has 0 N–H and O–H groups in total. The van der Waals surface area contributed by atoms with Crippen LogP contribution in [0.1, 0.15) is 19.8 Å². The molecular formula is C11H16BrNO2. The molecule has 0 aliphatic rings. The van der Waals surface area contributed by atoms with E-state index < -0.39 is 0 Å². The number of hydrogen-bond donors (Lipinski definition) is 0. The molecule has 0 radical (unpaired) electrons. The van der Waals surface area contributed by atoms with Crippen LogP contribution in [0.4, 0.5) is 0 Å². The third-order valence-corrected chi connectivity index (χ3v) is 2.71. The molecule has 0 aromatic carbocycles. The van der Waals surface area contributed by atoms with E-state index >= 15 is 0 Å². The van der Waals surface area contributed by atoms with Gasteiger partial charge < -0.3 is 9.47 Å². The summed E-state index contributed by atoms with van der Waals surface area (Å²) in [6.07, 6.45) is 3.77. The standard InChI is InChI=1S/C11H16BrNO2/c1-3-9(6-8-14-2)15-10-5-4-7-13-11(10)12/h4-5,7,9H,3,6,8H2,1-2H3. The Morgan fingerprint density at radius 3 is 2.93 bits per heavy atom. The molecule has 1 atom stereocenters. The van der Waals surface area contributed by atoms with Crippen molar-refractivity contribution >= 4 is 15.9 Å². The summed E-state index contributed by atoms with van der Waals surface area (Å²) in [6, 6.07) is 3.77. The van der Waals surface area contributed by atoms with E-state index in [4.69, 9.17) is 9.47 Å². The van der Waals surface area contributed by atoms with Gasteiger partial charge in [-0.25, -0.2) is 4.98 Å². The van der Waals surface area contributed by atoms with Crippen LogP contribution in [0.2, 0.25) is 0 Å². The fourth-order valence-electron chi connectivity index (χ4n) is 1.23. The second-order valence-electron chi connectivity index (χ2n) is 3.22. The van der Waals surface area contributed by atoms with Crippen LogP contribution < -0.4 is 4.74 Å². The van der Waals surface area contributed by atoms with Crippen molar-refractivity contribution in [3.05, 3.63) is 22.9 Å². The van der Waals surface area contributed by atoms with Crippen LogP contribution in [-0.4, -0.2) is 24.8 Å². The minimum Gasteiger partial charge on any atom is -0.488 e. The number of halogens is 1. The zero-order chi connectivity index (χ0) is 11.1. The number of nitrogens with zero attached hydrogens (tertiary/aromatic N) is 1. The van der Waals surface area contributed by atoms with E-state index in [0.717, 1.165) is 29.8 Å². The Balaban J connectivity index is 2.54. The number of rotatable bonds is 6. The molecule has 0 aliphatic heterocycles. The smallest absolute Gasteiger partial charge is 0.152 e.